The predicted molar refractivity (Wildman–Crippen MR) is 180 cm³/mol. The number of carboxylic acid groups (broad SMARTS) is 1. The Hall–Kier alpha value is -3.64. The Balaban J connectivity index is 1.41. The molecule has 0 spiro atoms. The van der Waals surface area contributed by atoms with Gasteiger partial charge in [0.25, 0.3) is 0 Å². The Morgan fingerprint density at radius 1 is 1.07 bits per heavy atom. The third-order valence-corrected chi connectivity index (χ3v) is 9.51. The van der Waals surface area contributed by atoms with E-state index in [-0.39, 0.29) is 5.25 Å². The zero-order chi connectivity index (χ0) is 30.6. The van der Waals surface area contributed by atoms with Crippen LogP contribution in [0, 0.1) is 0 Å². The van der Waals surface area contributed by atoms with Gasteiger partial charge in [-0.25, -0.2) is 4.98 Å². The van der Waals surface area contributed by atoms with Crippen molar-refractivity contribution in [3.8, 4) is 0 Å². The Bertz CT molecular complexity index is 1740. The molecule has 0 radical (unpaired) electrons. The molecule has 0 amide bonds. The van der Waals surface area contributed by atoms with Crippen LogP contribution in [0.5, 0.6) is 0 Å². The minimum absolute atomic E-state index is 0.120. The van der Waals surface area contributed by atoms with Crippen LogP contribution >= 0.6 is 23.4 Å². The lowest BCUT2D eigenvalue weighted by Gasteiger charge is -2.26. The first kappa shape index (κ1) is 30.8. The molecule has 0 bridgehead atoms. The second-order valence-corrected chi connectivity index (χ2v) is 13.5. The van der Waals surface area contributed by atoms with Gasteiger partial charge in [0.05, 0.1) is 22.2 Å². The zero-order valence-corrected chi connectivity index (χ0v) is 26.2. The van der Waals surface area contributed by atoms with Crippen LogP contribution in [0.15, 0.2) is 102 Å². The average molecular weight is 610 g/mol. The standard InChI is InChI=1S/C37H36ClNO3S/c1-36(2,35(40)41)32-10-5-4-8-26(32)14-18-34(43-31-19-21-37(3,42)22-20-31)28-9-6-7-25(23-28)11-16-30-17-13-27-12-15-29(38)24-33(27)39-30/h4-13,15-17,19-21,23-24,34,42H,14,18,22H2,1-3H3,(H,40,41)/t34-,37?/m0/s1. The molecule has 220 valence electrons. The van der Waals surface area contributed by atoms with Crippen molar-refractivity contribution in [2.75, 3.05) is 0 Å². The number of carboxylic acids is 1. The van der Waals surface area contributed by atoms with Crippen molar-refractivity contribution in [1.29, 1.82) is 0 Å². The van der Waals surface area contributed by atoms with Gasteiger partial charge in [0, 0.05) is 20.6 Å². The number of aliphatic carboxylic acids is 1. The fourth-order valence-corrected chi connectivity index (χ4v) is 6.58. The van der Waals surface area contributed by atoms with E-state index in [0.29, 0.717) is 11.4 Å². The van der Waals surface area contributed by atoms with Crippen molar-refractivity contribution in [3.05, 3.63) is 135 Å². The lowest BCUT2D eigenvalue weighted by molar-refractivity contribution is -0.142. The summed E-state index contributed by atoms with van der Waals surface area (Å²) in [4.78, 5) is 17.9. The Morgan fingerprint density at radius 3 is 2.63 bits per heavy atom. The van der Waals surface area contributed by atoms with Gasteiger partial charge in [0.1, 0.15) is 0 Å². The number of aryl methyl sites for hydroxylation is 1. The highest BCUT2D eigenvalue weighted by Crippen LogP contribution is 2.42. The maximum atomic E-state index is 12.1. The van der Waals surface area contributed by atoms with Crippen LogP contribution in [-0.4, -0.2) is 26.8 Å². The number of halogens is 1. The molecule has 1 heterocycles. The lowest BCUT2D eigenvalue weighted by atomic mass is 9.80. The van der Waals surface area contributed by atoms with Crippen LogP contribution in [0.4, 0.5) is 0 Å². The summed E-state index contributed by atoms with van der Waals surface area (Å²) in [5, 5.41) is 22.1. The highest BCUT2D eigenvalue weighted by Gasteiger charge is 2.31. The van der Waals surface area contributed by atoms with Crippen LogP contribution in [0.1, 0.15) is 66.8 Å². The van der Waals surface area contributed by atoms with Crippen molar-refractivity contribution in [1.82, 2.24) is 4.98 Å². The quantitative estimate of drug-likeness (QED) is 0.187. The van der Waals surface area contributed by atoms with Gasteiger partial charge < -0.3 is 10.2 Å². The number of aliphatic hydroxyl groups is 1. The number of fused-ring (bicyclic) bond motifs is 1. The van der Waals surface area contributed by atoms with Gasteiger partial charge in [-0.05, 0) is 86.6 Å². The molecule has 4 aromatic rings. The van der Waals surface area contributed by atoms with Crippen LogP contribution in [0.3, 0.4) is 0 Å². The highest BCUT2D eigenvalue weighted by atomic mass is 35.5. The summed E-state index contributed by atoms with van der Waals surface area (Å²) >= 11 is 7.96. The summed E-state index contributed by atoms with van der Waals surface area (Å²) in [6.45, 7) is 5.34. The number of thioether (sulfide) groups is 1. The van der Waals surface area contributed by atoms with Gasteiger partial charge in [-0.2, -0.15) is 0 Å². The first-order valence-electron chi connectivity index (χ1n) is 14.4. The highest BCUT2D eigenvalue weighted by molar-refractivity contribution is 8.03. The van der Waals surface area contributed by atoms with E-state index >= 15 is 0 Å². The molecule has 0 saturated heterocycles. The number of aromatic nitrogens is 1. The van der Waals surface area contributed by atoms with Crippen LogP contribution in [-0.2, 0) is 16.6 Å². The summed E-state index contributed by atoms with van der Waals surface area (Å²) in [6.07, 6.45) is 12.2. The minimum Gasteiger partial charge on any atom is -0.481 e. The molecule has 2 N–H and O–H groups in total. The molecular weight excluding hydrogens is 574 g/mol. The van der Waals surface area contributed by atoms with Crippen LogP contribution < -0.4 is 0 Å². The van der Waals surface area contributed by atoms with Crippen LogP contribution in [0.2, 0.25) is 5.02 Å². The summed E-state index contributed by atoms with van der Waals surface area (Å²) in [5.41, 5.74) is 4.06. The molecule has 1 unspecified atom stereocenters. The average Bonchev–Trinajstić information content (AvgIpc) is 2.99. The molecule has 0 aliphatic heterocycles. The Labute approximate surface area is 262 Å². The summed E-state index contributed by atoms with van der Waals surface area (Å²) in [6, 6.07) is 26.2. The van der Waals surface area contributed by atoms with Gasteiger partial charge >= 0.3 is 5.97 Å². The van der Waals surface area contributed by atoms with Gasteiger partial charge in [-0.15, -0.1) is 11.8 Å². The van der Waals surface area contributed by atoms with E-state index in [4.69, 9.17) is 16.6 Å². The third kappa shape index (κ3) is 7.66. The van der Waals surface area contributed by atoms with E-state index < -0.39 is 17.0 Å². The molecule has 4 nitrogen and oxygen atoms in total. The molecule has 3 aromatic carbocycles. The normalized spacial score (nSPS) is 17.7. The largest absolute Gasteiger partial charge is 0.481 e. The smallest absolute Gasteiger partial charge is 0.313 e. The predicted octanol–water partition coefficient (Wildman–Crippen LogP) is 9.42. The topological polar surface area (TPSA) is 70.4 Å². The number of pyridine rings is 1. The SMILES string of the molecule is CC1(O)C=CC(S[C@@H](CCc2ccccc2C(C)(C)C(=O)O)c2cccc(C=Cc3ccc4ccc(Cl)cc4n3)c2)=CC1. The van der Waals surface area contributed by atoms with Crippen molar-refractivity contribution in [3.63, 3.8) is 0 Å². The molecule has 1 aliphatic carbocycles. The zero-order valence-electron chi connectivity index (χ0n) is 24.6. The maximum absolute atomic E-state index is 12.1. The number of nitrogens with zero attached hydrogens (tertiary/aromatic N) is 1. The fourth-order valence-electron chi connectivity index (χ4n) is 5.24. The second kappa shape index (κ2) is 12.9. The van der Waals surface area contributed by atoms with E-state index in [1.54, 1.807) is 25.6 Å². The van der Waals surface area contributed by atoms with Crippen molar-refractivity contribution < 1.29 is 15.0 Å². The number of benzene rings is 3. The molecular formula is C37H36ClNO3S. The second-order valence-electron chi connectivity index (χ2n) is 11.8. The number of rotatable bonds is 10. The van der Waals surface area contributed by atoms with E-state index in [2.05, 4.69) is 36.4 Å². The maximum Gasteiger partial charge on any atom is 0.313 e. The van der Waals surface area contributed by atoms with Crippen molar-refractivity contribution in [2.45, 2.75) is 56.3 Å². The number of hydrogen-bond acceptors (Lipinski definition) is 4. The Kier molecular flexibility index (Phi) is 9.26. The van der Waals surface area contributed by atoms with Crippen molar-refractivity contribution in [2.24, 2.45) is 0 Å². The monoisotopic (exact) mass is 609 g/mol. The molecule has 0 saturated carbocycles. The molecule has 5 rings (SSSR count). The fraction of sp³-hybridized carbons (Fsp3) is 0.243. The minimum atomic E-state index is -0.980. The Morgan fingerprint density at radius 2 is 1.86 bits per heavy atom. The molecule has 2 atom stereocenters. The van der Waals surface area contributed by atoms with Gasteiger partial charge in [0.2, 0.25) is 0 Å². The first-order valence-corrected chi connectivity index (χ1v) is 15.7. The molecule has 6 heteroatoms. The number of allylic oxidation sites excluding steroid dienone is 1. The first-order chi connectivity index (χ1) is 20.5. The summed E-state index contributed by atoms with van der Waals surface area (Å²) in [5.74, 6) is -0.834. The molecule has 1 aromatic heterocycles. The molecule has 1 aliphatic rings. The van der Waals surface area contributed by atoms with Gasteiger partial charge in [-0.3, -0.25) is 4.79 Å². The van der Waals surface area contributed by atoms with Gasteiger partial charge in [0.15, 0.2) is 0 Å². The third-order valence-electron chi connectivity index (χ3n) is 7.91. The number of carbonyl (C=O) groups is 1. The molecule has 43 heavy (non-hydrogen) atoms. The van der Waals surface area contributed by atoms with E-state index in [9.17, 15) is 15.0 Å². The van der Waals surface area contributed by atoms with E-state index in [1.807, 2.05) is 79.7 Å². The number of hydrogen-bond donors (Lipinski definition) is 2. The summed E-state index contributed by atoms with van der Waals surface area (Å²) < 4.78 is 0. The lowest BCUT2D eigenvalue weighted by Crippen LogP contribution is -2.29. The van der Waals surface area contributed by atoms with Gasteiger partial charge in [-0.1, -0.05) is 96.6 Å². The molecule has 0 fully saturated rings. The summed E-state index contributed by atoms with van der Waals surface area (Å²) in [7, 11) is 0. The van der Waals surface area contributed by atoms with Crippen molar-refractivity contribution >= 4 is 52.4 Å². The van der Waals surface area contributed by atoms with E-state index in [1.165, 1.54) is 5.56 Å². The van der Waals surface area contributed by atoms with Crippen LogP contribution in [0.25, 0.3) is 23.1 Å². The van der Waals surface area contributed by atoms with E-state index in [0.717, 1.165) is 51.0 Å².